The molecule has 1 atom stereocenters. The number of para-hydroxylation sites is 2. The molecule has 28 heavy (non-hydrogen) atoms. The van der Waals surface area contributed by atoms with Crippen molar-refractivity contribution in [3.63, 3.8) is 0 Å². The lowest BCUT2D eigenvalue weighted by Gasteiger charge is -2.23. The summed E-state index contributed by atoms with van der Waals surface area (Å²) in [7, 11) is 0. The molecule has 138 valence electrons. The molecule has 2 heterocycles. The second-order valence-electron chi connectivity index (χ2n) is 6.29. The molecule has 1 N–H and O–H groups in total. The lowest BCUT2D eigenvalue weighted by molar-refractivity contribution is 0.0716. The number of rotatable bonds is 3. The Labute approximate surface area is 159 Å². The van der Waals surface area contributed by atoms with Gasteiger partial charge >= 0.3 is 6.01 Å². The van der Waals surface area contributed by atoms with E-state index in [-0.39, 0.29) is 24.4 Å². The minimum absolute atomic E-state index is 0.00962. The molecule has 1 amide bonds. The first kappa shape index (κ1) is 16.3. The Hall–Kier alpha value is -3.87. The lowest BCUT2D eigenvalue weighted by atomic mass is 10.0. The number of anilines is 1. The van der Waals surface area contributed by atoms with Gasteiger partial charge in [0.05, 0.1) is 0 Å². The molecule has 5 rings (SSSR count). The molecule has 7 nitrogen and oxygen atoms in total. The number of amides is 1. The highest BCUT2D eigenvalue weighted by Gasteiger charge is 2.27. The van der Waals surface area contributed by atoms with E-state index in [4.69, 9.17) is 13.9 Å². The Morgan fingerprint density at radius 3 is 2.64 bits per heavy atom. The van der Waals surface area contributed by atoms with E-state index < -0.39 is 6.10 Å². The Morgan fingerprint density at radius 2 is 1.71 bits per heavy atom. The molecule has 7 heteroatoms. The Morgan fingerprint density at radius 1 is 0.929 bits per heavy atom. The van der Waals surface area contributed by atoms with Gasteiger partial charge in [-0.15, -0.1) is 5.10 Å². The molecule has 0 saturated carbocycles. The van der Waals surface area contributed by atoms with Crippen LogP contribution in [0.4, 0.5) is 6.01 Å². The number of nitrogens with zero attached hydrogens (tertiary/aromatic N) is 2. The van der Waals surface area contributed by atoms with Crippen molar-refractivity contribution in [1.82, 2.24) is 10.2 Å². The molecule has 4 aromatic rings. The highest BCUT2D eigenvalue weighted by molar-refractivity contribution is 6.12. The summed E-state index contributed by atoms with van der Waals surface area (Å²) in [6.07, 6.45) is -0.536. The van der Waals surface area contributed by atoms with E-state index in [1.54, 1.807) is 12.1 Å². The molecule has 0 spiro atoms. The topological polar surface area (TPSA) is 86.5 Å². The van der Waals surface area contributed by atoms with Crippen LogP contribution in [0.3, 0.4) is 0 Å². The molecular formula is C21H15N3O4. The fourth-order valence-corrected chi connectivity index (χ4v) is 3.14. The van der Waals surface area contributed by atoms with Crippen molar-refractivity contribution in [2.24, 2.45) is 0 Å². The third-order valence-electron chi connectivity index (χ3n) is 4.48. The van der Waals surface area contributed by atoms with Crippen LogP contribution in [0.1, 0.15) is 22.4 Å². The van der Waals surface area contributed by atoms with Crippen LogP contribution in [-0.4, -0.2) is 22.7 Å². The normalized spacial score (nSPS) is 15.4. The van der Waals surface area contributed by atoms with Crippen molar-refractivity contribution in [1.29, 1.82) is 0 Å². The molecule has 1 aliphatic heterocycles. The van der Waals surface area contributed by atoms with E-state index in [1.165, 1.54) is 0 Å². The molecule has 0 fully saturated rings. The fourth-order valence-electron chi connectivity index (χ4n) is 3.14. The van der Waals surface area contributed by atoms with Gasteiger partial charge in [-0.2, -0.15) is 0 Å². The number of carbonyl (C=O) groups is 1. The highest BCUT2D eigenvalue weighted by atomic mass is 16.6. The third-order valence-corrected chi connectivity index (χ3v) is 4.48. The summed E-state index contributed by atoms with van der Waals surface area (Å²) in [5.74, 6) is 1.20. The highest BCUT2D eigenvalue weighted by Crippen LogP contribution is 2.35. The number of hydrogen-bond acceptors (Lipinski definition) is 6. The predicted octanol–water partition coefficient (Wildman–Crippen LogP) is 3.99. The van der Waals surface area contributed by atoms with Crippen molar-refractivity contribution in [3.05, 3.63) is 78.2 Å². The van der Waals surface area contributed by atoms with Crippen LogP contribution in [0.15, 0.2) is 71.1 Å². The number of hydrogen-bond donors (Lipinski definition) is 1. The van der Waals surface area contributed by atoms with Crippen LogP contribution in [0.5, 0.6) is 11.5 Å². The van der Waals surface area contributed by atoms with Gasteiger partial charge in [0.15, 0.2) is 11.5 Å². The van der Waals surface area contributed by atoms with E-state index in [0.717, 1.165) is 10.8 Å². The number of aromatic nitrogens is 2. The second-order valence-corrected chi connectivity index (χ2v) is 6.29. The minimum atomic E-state index is -0.536. The average Bonchev–Trinajstić information content (AvgIpc) is 3.21. The van der Waals surface area contributed by atoms with Crippen LogP contribution in [0, 0.1) is 0 Å². The Bertz CT molecular complexity index is 1170. The van der Waals surface area contributed by atoms with E-state index in [9.17, 15) is 4.79 Å². The van der Waals surface area contributed by atoms with Gasteiger partial charge in [-0.1, -0.05) is 53.6 Å². The molecule has 3 aromatic carbocycles. The Kier molecular flexibility index (Phi) is 3.90. The standard InChI is InChI=1S/C21H15N3O4/c25-19(15-9-5-7-13-6-1-2-8-14(13)15)22-21-24-23-20(28-21)18-12-26-16-10-3-4-11-17(16)27-18/h1-11,18H,12H2,(H,22,24,25)/t18-/m1/s1. The van der Waals surface area contributed by atoms with Crippen LogP contribution >= 0.6 is 0 Å². The average molecular weight is 373 g/mol. The van der Waals surface area contributed by atoms with Gasteiger partial charge in [0.2, 0.25) is 6.10 Å². The fraction of sp³-hybridized carbons (Fsp3) is 0.0952. The Balaban J connectivity index is 1.35. The number of carbonyl (C=O) groups excluding carboxylic acids is 1. The first-order chi connectivity index (χ1) is 13.8. The quantitative estimate of drug-likeness (QED) is 0.584. The van der Waals surface area contributed by atoms with E-state index >= 15 is 0 Å². The van der Waals surface area contributed by atoms with Crippen LogP contribution in [0.2, 0.25) is 0 Å². The lowest BCUT2D eigenvalue weighted by Crippen LogP contribution is -2.21. The molecule has 0 aliphatic carbocycles. The zero-order valence-electron chi connectivity index (χ0n) is 14.7. The minimum Gasteiger partial charge on any atom is -0.485 e. The zero-order chi connectivity index (χ0) is 18.9. The summed E-state index contributed by atoms with van der Waals surface area (Å²) >= 11 is 0. The number of fused-ring (bicyclic) bond motifs is 2. The van der Waals surface area contributed by atoms with Crippen molar-refractivity contribution in [2.45, 2.75) is 6.10 Å². The monoisotopic (exact) mass is 373 g/mol. The molecule has 0 bridgehead atoms. The van der Waals surface area contributed by atoms with Gasteiger partial charge in [0, 0.05) is 5.56 Å². The van der Waals surface area contributed by atoms with Crippen LogP contribution < -0.4 is 14.8 Å². The summed E-state index contributed by atoms with van der Waals surface area (Å²) in [4.78, 5) is 12.7. The maximum Gasteiger partial charge on any atom is 0.322 e. The summed E-state index contributed by atoms with van der Waals surface area (Å²) in [5.41, 5.74) is 0.532. The number of benzene rings is 3. The van der Waals surface area contributed by atoms with Crippen molar-refractivity contribution in [3.8, 4) is 11.5 Å². The van der Waals surface area contributed by atoms with E-state index in [1.807, 2.05) is 54.6 Å². The first-order valence-electron chi connectivity index (χ1n) is 8.79. The summed E-state index contributed by atoms with van der Waals surface area (Å²) in [6.45, 7) is 0.246. The van der Waals surface area contributed by atoms with Gasteiger partial charge < -0.3 is 13.9 Å². The first-order valence-corrected chi connectivity index (χ1v) is 8.79. The smallest absolute Gasteiger partial charge is 0.322 e. The van der Waals surface area contributed by atoms with Gasteiger partial charge in [-0.25, -0.2) is 0 Å². The van der Waals surface area contributed by atoms with Gasteiger partial charge in [-0.05, 0) is 29.0 Å². The summed E-state index contributed by atoms with van der Waals surface area (Å²) in [5, 5.41) is 12.4. The largest absolute Gasteiger partial charge is 0.485 e. The molecule has 0 unspecified atom stereocenters. The van der Waals surface area contributed by atoms with Gasteiger partial charge in [0.25, 0.3) is 11.8 Å². The van der Waals surface area contributed by atoms with Crippen LogP contribution in [0.25, 0.3) is 10.8 Å². The molecular weight excluding hydrogens is 358 g/mol. The van der Waals surface area contributed by atoms with E-state index in [0.29, 0.717) is 17.1 Å². The van der Waals surface area contributed by atoms with E-state index in [2.05, 4.69) is 15.5 Å². The number of ether oxygens (including phenoxy) is 2. The summed E-state index contributed by atoms with van der Waals surface area (Å²) in [6, 6.07) is 20.6. The maximum atomic E-state index is 12.7. The molecule has 1 aliphatic rings. The molecule has 0 radical (unpaired) electrons. The molecule has 1 aromatic heterocycles. The molecule has 0 saturated heterocycles. The van der Waals surface area contributed by atoms with Crippen molar-refractivity contribution in [2.75, 3.05) is 11.9 Å². The van der Waals surface area contributed by atoms with Crippen molar-refractivity contribution < 1.29 is 18.7 Å². The maximum absolute atomic E-state index is 12.7. The van der Waals surface area contributed by atoms with Crippen LogP contribution in [-0.2, 0) is 0 Å². The summed E-state index contributed by atoms with van der Waals surface area (Å²) < 4.78 is 17.1. The predicted molar refractivity (Wildman–Crippen MR) is 102 cm³/mol. The second kappa shape index (κ2) is 6.70. The van der Waals surface area contributed by atoms with Gasteiger partial charge in [-0.3, -0.25) is 10.1 Å². The third kappa shape index (κ3) is 2.92. The SMILES string of the molecule is O=C(Nc1nnc([C@H]2COc3ccccc3O2)o1)c1cccc2ccccc12. The number of nitrogens with one attached hydrogen (secondary N) is 1. The van der Waals surface area contributed by atoms with Crippen molar-refractivity contribution >= 4 is 22.7 Å². The zero-order valence-corrected chi connectivity index (χ0v) is 14.7. The van der Waals surface area contributed by atoms with Gasteiger partial charge in [0.1, 0.15) is 6.61 Å².